The highest BCUT2D eigenvalue weighted by molar-refractivity contribution is 7.91. The summed E-state index contributed by atoms with van der Waals surface area (Å²) in [5.74, 6) is -0.559. The number of sulfone groups is 1. The van der Waals surface area contributed by atoms with Crippen LogP contribution in [0.3, 0.4) is 0 Å². The third-order valence-electron chi connectivity index (χ3n) is 10.1. The molecule has 3 fully saturated rings. The van der Waals surface area contributed by atoms with Crippen LogP contribution in [0.2, 0.25) is 0 Å². The van der Waals surface area contributed by atoms with Gasteiger partial charge in [0.2, 0.25) is 5.91 Å². The van der Waals surface area contributed by atoms with Gasteiger partial charge >= 0.3 is 0 Å². The summed E-state index contributed by atoms with van der Waals surface area (Å²) in [6.07, 6.45) is 6.75. The van der Waals surface area contributed by atoms with E-state index in [1.54, 1.807) is 17.9 Å². The van der Waals surface area contributed by atoms with E-state index in [9.17, 15) is 22.8 Å². The van der Waals surface area contributed by atoms with Crippen LogP contribution in [-0.4, -0.2) is 87.9 Å². The van der Waals surface area contributed by atoms with Crippen molar-refractivity contribution >= 4 is 50.4 Å². The lowest BCUT2D eigenvalue weighted by molar-refractivity contribution is -0.117. The topological polar surface area (TPSA) is 184 Å². The third-order valence-corrected chi connectivity index (χ3v) is 11.8. The maximum absolute atomic E-state index is 13.3. The summed E-state index contributed by atoms with van der Waals surface area (Å²) in [7, 11) is -1.47. The van der Waals surface area contributed by atoms with Gasteiger partial charge in [-0.1, -0.05) is 19.1 Å². The van der Waals surface area contributed by atoms with Gasteiger partial charge in [-0.2, -0.15) is 5.10 Å². The molecule has 3 aromatic heterocycles. The molecule has 5 heterocycles. The Labute approximate surface area is 294 Å². The Hall–Kier alpha value is -5.38. The van der Waals surface area contributed by atoms with E-state index in [1.165, 1.54) is 18.3 Å². The molecule has 0 bridgehead atoms. The molecule has 51 heavy (non-hydrogen) atoms. The molecule has 1 aromatic carbocycles. The number of para-hydroxylation sites is 1. The Morgan fingerprint density at radius 2 is 1.76 bits per heavy atom. The monoisotopic (exact) mass is 710 g/mol. The number of aromatic nitrogens is 5. The van der Waals surface area contributed by atoms with E-state index in [0.29, 0.717) is 18.8 Å². The summed E-state index contributed by atoms with van der Waals surface area (Å²) in [6, 6.07) is 10.3. The third kappa shape index (κ3) is 6.06. The molecule has 4 aromatic rings. The van der Waals surface area contributed by atoms with Crippen LogP contribution in [0.1, 0.15) is 78.3 Å². The van der Waals surface area contributed by atoms with Crippen LogP contribution in [0, 0.1) is 5.92 Å². The number of carbonyl (C=O) groups excluding carboxylic acids is 3. The SMILES string of the molecule is CCS(=O)(=O)c1ccnc(C(=O)N2CC(n3ncc4c3C(C)N(C)c3c(Nc5cc(NC(=O)C6CC6)nnc5C(=O)NC5CC5)cccc3-4)C2)c1. The average Bonchev–Trinajstić information content (AvgIpc) is 4.05. The van der Waals surface area contributed by atoms with Crippen LogP contribution < -0.4 is 20.9 Å². The number of nitrogens with zero attached hydrogens (tertiary/aromatic N) is 7. The number of hydrogen-bond acceptors (Lipinski definition) is 11. The highest BCUT2D eigenvalue weighted by Crippen LogP contribution is 2.49. The minimum atomic E-state index is -3.47. The summed E-state index contributed by atoms with van der Waals surface area (Å²) in [5.41, 5.74) is 5.23. The number of carbonyl (C=O) groups is 3. The number of likely N-dealkylation sites (tertiary alicyclic amines) is 1. The minimum absolute atomic E-state index is 0.0169. The van der Waals surface area contributed by atoms with E-state index in [2.05, 4.69) is 43.0 Å². The van der Waals surface area contributed by atoms with Crippen molar-refractivity contribution in [1.29, 1.82) is 0 Å². The van der Waals surface area contributed by atoms with Crippen molar-refractivity contribution in [3.05, 3.63) is 65.9 Å². The van der Waals surface area contributed by atoms with Crippen molar-refractivity contribution < 1.29 is 22.8 Å². The van der Waals surface area contributed by atoms with Crippen LogP contribution in [0.5, 0.6) is 0 Å². The van der Waals surface area contributed by atoms with Gasteiger partial charge in [0.05, 0.1) is 51.7 Å². The molecule has 2 aliphatic carbocycles. The fraction of sp³-hybridized carbons (Fsp3) is 0.400. The second kappa shape index (κ2) is 12.4. The lowest BCUT2D eigenvalue weighted by atomic mass is 9.93. The van der Waals surface area contributed by atoms with Gasteiger partial charge in [0.15, 0.2) is 21.3 Å². The summed E-state index contributed by atoms with van der Waals surface area (Å²) < 4.78 is 26.7. The first-order chi connectivity index (χ1) is 24.5. The smallest absolute Gasteiger partial charge is 0.274 e. The highest BCUT2D eigenvalue weighted by atomic mass is 32.2. The van der Waals surface area contributed by atoms with E-state index in [4.69, 9.17) is 5.10 Å². The summed E-state index contributed by atoms with van der Waals surface area (Å²) in [6.45, 7) is 4.47. The molecule has 8 rings (SSSR count). The van der Waals surface area contributed by atoms with Crippen molar-refractivity contribution in [1.82, 2.24) is 35.2 Å². The van der Waals surface area contributed by atoms with Gasteiger partial charge in [-0.05, 0) is 50.8 Å². The first kappa shape index (κ1) is 32.8. The normalized spacial score (nSPS) is 18.4. The molecule has 0 radical (unpaired) electrons. The Morgan fingerprint density at radius 1 is 0.980 bits per heavy atom. The molecular formula is C35H38N10O5S. The van der Waals surface area contributed by atoms with Crippen LogP contribution in [0.15, 0.2) is 53.7 Å². The maximum Gasteiger partial charge on any atom is 0.274 e. The van der Waals surface area contributed by atoms with Crippen molar-refractivity contribution in [2.75, 3.05) is 41.4 Å². The molecule has 1 atom stereocenters. The number of nitrogens with one attached hydrogen (secondary N) is 3. The largest absolute Gasteiger partial charge is 0.364 e. The van der Waals surface area contributed by atoms with E-state index >= 15 is 0 Å². The molecule has 0 spiro atoms. The summed E-state index contributed by atoms with van der Waals surface area (Å²) >= 11 is 0. The molecule has 2 aliphatic heterocycles. The second-order valence-electron chi connectivity index (χ2n) is 13.6. The van der Waals surface area contributed by atoms with E-state index in [-0.39, 0.29) is 69.6 Å². The molecule has 16 heteroatoms. The lowest BCUT2D eigenvalue weighted by Gasteiger charge is -2.42. The van der Waals surface area contributed by atoms with Crippen LogP contribution in [0.25, 0.3) is 11.1 Å². The lowest BCUT2D eigenvalue weighted by Crippen LogP contribution is -2.51. The van der Waals surface area contributed by atoms with Gasteiger partial charge in [0, 0.05) is 55.5 Å². The van der Waals surface area contributed by atoms with E-state index in [0.717, 1.165) is 53.9 Å². The Morgan fingerprint density at radius 3 is 2.49 bits per heavy atom. The van der Waals surface area contributed by atoms with Gasteiger partial charge in [-0.3, -0.25) is 24.0 Å². The zero-order valence-corrected chi connectivity index (χ0v) is 29.3. The van der Waals surface area contributed by atoms with Gasteiger partial charge in [0.1, 0.15) is 5.69 Å². The van der Waals surface area contributed by atoms with Crippen LogP contribution >= 0.6 is 0 Å². The minimum Gasteiger partial charge on any atom is -0.364 e. The molecule has 1 unspecified atom stereocenters. The van der Waals surface area contributed by atoms with Crippen LogP contribution in [0.4, 0.5) is 22.9 Å². The number of pyridine rings is 1. The van der Waals surface area contributed by atoms with Crippen molar-refractivity contribution in [3.8, 4) is 11.1 Å². The second-order valence-corrected chi connectivity index (χ2v) is 15.9. The Kier molecular flexibility index (Phi) is 8.00. The predicted octanol–water partition coefficient (Wildman–Crippen LogP) is 3.72. The number of rotatable bonds is 10. The zero-order chi connectivity index (χ0) is 35.6. The number of hydrogen-bond donors (Lipinski definition) is 3. The first-order valence-electron chi connectivity index (χ1n) is 17.2. The zero-order valence-electron chi connectivity index (χ0n) is 28.5. The maximum atomic E-state index is 13.3. The number of amides is 3. The van der Waals surface area contributed by atoms with Crippen molar-refractivity contribution in [2.45, 2.75) is 62.6 Å². The first-order valence-corrected chi connectivity index (χ1v) is 18.9. The van der Waals surface area contributed by atoms with Crippen LogP contribution in [-0.2, 0) is 14.6 Å². The number of benzene rings is 1. The predicted molar refractivity (Wildman–Crippen MR) is 189 cm³/mol. The Balaban J connectivity index is 1.06. The number of anilines is 4. The standard InChI is InChI=1S/C35H38N10O5S/c1-4-51(49,50)23-12-13-36-28(14-23)35(48)44-17-22(18-44)45-31-19(2)43(3)32-24(25(31)16-37-45)6-5-7-26(32)39-27-15-29(40-33(46)20-8-9-20)41-42-30(27)34(47)38-21-10-11-21/h5-7,12-16,19-22H,4,8-11,17-18H2,1-3H3,(H,38,47)(H2,39,40,41,46). The van der Waals surface area contributed by atoms with Gasteiger partial charge in [-0.15, -0.1) is 10.2 Å². The summed E-state index contributed by atoms with van der Waals surface area (Å²) in [5, 5.41) is 22.5. The number of fused-ring (bicyclic) bond motifs is 3. The highest BCUT2D eigenvalue weighted by Gasteiger charge is 2.39. The molecule has 3 N–H and O–H groups in total. The van der Waals surface area contributed by atoms with E-state index in [1.807, 2.05) is 36.1 Å². The van der Waals surface area contributed by atoms with Crippen molar-refractivity contribution in [3.63, 3.8) is 0 Å². The molecule has 2 saturated carbocycles. The van der Waals surface area contributed by atoms with Gasteiger partial charge in [0.25, 0.3) is 11.8 Å². The molecule has 3 amide bonds. The van der Waals surface area contributed by atoms with Gasteiger partial charge in [-0.25, -0.2) is 8.42 Å². The summed E-state index contributed by atoms with van der Waals surface area (Å²) in [4.78, 5) is 47.0. The molecule has 264 valence electrons. The Bertz CT molecular complexity index is 2190. The molecule has 4 aliphatic rings. The van der Waals surface area contributed by atoms with Gasteiger partial charge < -0.3 is 25.8 Å². The average molecular weight is 711 g/mol. The fourth-order valence-electron chi connectivity index (χ4n) is 6.65. The van der Waals surface area contributed by atoms with Crippen molar-refractivity contribution in [2.24, 2.45) is 5.92 Å². The molecular weight excluding hydrogens is 673 g/mol. The molecule has 15 nitrogen and oxygen atoms in total. The van der Waals surface area contributed by atoms with E-state index < -0.39 is 9.84 Å². The quantitative estimate of drug-likeness (QED) is 0.218. The fourth-order valence-corrected chi connectivity index (χ4v) is 7.54. The molecule has 1 saturated heterocycles.